The van der Waals surface area contributed by atoms with Crippen molar-refractivity contribution in [3.63, 3.8) is 0 Å². The number of aryl methyl sites for hydroxylation is 1. The van der Waals surface area contributed by atoms with Crippen molar-refractivity contribution in [3.8, 4) is 17.2 Å². The van der Waals surface area contributed by atoms with Gasteiger partial charge in [-0.2, -0.15) is 5.10 Å². The van der Waals surface area contributed by atoms with Crippen LogP contribution in [0, 0.1) is 0 Å². The first-order valence-electron chi connectivity index (χ1n) is 11.1. The second-order valence-corrected chi connectivity index (χ2v) is 7.52. The fraction of sp³-hybridized carbons (Fsp3) is 0.222. The Balaban J connectivity index is 1.42. The van der Waals surface area contributed by atoms with Gasteiger partial charge in [-0.15, -0.1) is 0 Å². The van der Waals surface area contributed by atoms with E-state index < -0.39 is 5.97 Å². The SMILES string of the molecule is CCCCc1ccc(OCC(=O)N/N=C\c2ccc(OC(=O)c3ccc(OC)cc3)cc2)cc1. The van der Waals surface area contributed by atoms with Crippen LogP contribution in [-0.2, 0) is 11.2 Å². The molecule has 7 nitrogen and oxygen atoms in total. The van der Waals surface area contributed by atoms with E-state index in [4.69, 9.17) is 14.2 Å². The number of ether oxygens (including phenoxy) is 3. The molecule has 3 aromatic carbocycles. The molecule has 0 spiro atoms. The number of hydrogen-bond acceptors (Lipinski definition) is 6. The van der Waals surface area contributed by atoms with Crippen molar-refractivity contribution in [1.82, 2.24) is 5.43 Å². The molecule has 0 aromatic heterocycles. The lowest BCUT2D eigenvalue weighted by Gasteiger charge is -2.06. The molecule has 1 N–H and O–H groups in total. The number of nitrogens with one attached hydrogen (secondary N) is 1. The lowest BCUT2D eigenvalue weighted by molar-refractivity contribution is -0.123. The van der Waals surface area contributed by atoms with E-state index in [1.807, 2.05) is 24.3 Å². The van der Waals surface area contributed by atoms with E-state index >= 15 is 0 Å². The minimum absolute atomic E-state index is 0.133. The number of hydrazone groups is 1. The zero-order valence-corrected chi connectivity index (χ0v) is 19.3. The van der Waals surface area contributed by atoms with Gasteiger partial charge in [-0.05, 0) is 84.6 Å². The van der Waals surface area contributed by atoms with Crippen molar-refractivity contribution < 1.29 is 23.8 Å². The maximum atomic E-state index is 12.2. The Labute approximate surface area is 199 Å². The quantitative estimate of drug-likeness (QED) is 0.193. The summed E-state index contributed by atoms with van der Waals surface area (Å²) in [5.74, 6) is 0.869. The summed E-state index contributed by atoms with van der Waals surface area (Å²) < 4.78 is 15.9. The molecule has 0 atom stereocenters. The minimum atomic E-state index is -0.466. The van der Waals surface area contributed by atoms with Crippen molar-refractivity contribution in [2.24, 2.45) is 5.10 Å². The first-order chi connectivity index (χ1) is 16.6. The van der Waals surface area contributed by atoms with E-state index in [1.54, 1.807) is 55.6 Å². The molecule has 0 saturated heterocycles. The Morgan fingerprint density at radius 1 is 0.882 bits per heavy atom. The van der Waals surface area contributed by atoms with E-state index in [1.165, 1.54) is 11.8 Å². The monoisotopic (exact) mass is 460 g/mol. The van der Waals surface area contributed by atoms with Crippen LogP contribution >= 0.6 is 0 Å². The highest BCUT2D eigenvalue weighted by Gasteiger charge is 2.08. The molecule has 0 radical (unpaired) electrons. The number of rotatable bonds is 11. The van der Waals surface area contributed by atoms with E-state index in [0.29, 0.717) is 22.8 Å². The molecule has 3 aromatic rings. The topological polar surface area (TPSA) is 86.2 Å². The van der Waals surface area contributed by atoms with Crippen molar-refractivity contribution in [3.05, 3.63) is 89.5 Å². The number of esters is 1. The van der Waals surface area contributed by atoms with Crippen LogP contribution in [0.4, 0.5) is 0 Å². The third-order valence-electron chi connectivity index (χ3n) is 4.93. The largest absolute Gasteiger partial charge is 0.497 e. The summed E-state index contributed by atoms with van der Waals surface area (Å²) >= 11 is 0. The van der Waals surface area contributed by atoms with E-state index in [9.17, 15) is 9.59 Å². The van der Waals surface area contributed by atoms with Crippen LogP contribution in [0.15, 0.2) is 77.9 Å². The molecule has 1 amide bonds. The number of carbonyl (C=O) groups excluding carboxylic acids is 2. The summed E-state index contributed by atoms with van der Waals surface area (Å²) in [5.41, 5.74) is 4.83. The second kappa shape index (κ2) is 12.8. The molecule has 0 heterocycles. The van der Waals surface area contributed by atoms with Crippen LogP contribution in [0.1, 0.15) is 41.3 Å². The number of benzene rings is 3. The number of hydrogen-bond donors (Lipinski definition) is 1. The molecule has 34 heavy (non-hydrogen) atoms. The average Bonchev–Trinajstić information content (AvgIpc) is 2.88. The standard InChI is InChI=1S/C27H28N2O5/c1-3-4-5-20-6-12-24(13-7-20)33-19-26(30)29-28-18-21-8-14-25(15-9-21)34-27(31)22-10-16-23(32-2)17-11-22/h6-18H,3-5,19H2,1-2H3,(H,29,30)/b28-18-. The highest BCUT2D eigenvalue weighted by Crippen LogP contribution is 2.16. The lowest BCUT2D eigenvalue weighted by atomic mass is 10.1. The van der Waals surface area contributed by atoms with Gasteiger partial charge in [0, 0.05) is 0 Å². The van der Waals surface area contributed by atoms with Gasteiger partial charge < -0.3 is 14.2 Å². The van der Waals surface area contributed by atoms with Gasteiger partial charge in [0.1, 0.15) is 17.2 Å². The van der Waals surface area contributed by atoms with Crippen LogP contribution in [-0.4, -0.2) is 31.8 Å². The molecule has 0 fully saturated rings. The Morgan fingerprint density at radius 3 is 2.18 bits per heavy atom. The van der Waals surface area contributed by atoms with E-state index in [2.05, 4.69) is 17.5 Å². The summed E-state index contributed by atoms with van der Waals surface area (Å²) in [4.78, 5) is 24.2. The van der Waals surface area contributed by atoms with Crippen LogP contribution < -0.4 is 19.6 Å². The van der Waals surface area contributed by atoms with Crippen LogP contribution in [0.2, 0.25) is 0 Å². The van der Waals surface area contributed by atoms with Crippen molar-refractivity contribution in [2.75, 3.05) is 13.7 Å². The normalized spacial score (nSPS) is 10.6. The molecule has 7 heteroatoms. The molecular weight excluding hydrogens is 432 g/mol. The summed E-state index contributed by atoms with van der Waals surface area (Å²) in [7, 11) is 1.56. The molecular formula is C27H28N2O5. The summed E-state index contributed by atoms with van der Waals surface area (Å²) in [6, 6.07) is 21.2. The first-order valence-corrected chi connectivity index (χ1v) is 11.1. The van der Waals surface area contributed by atoms with Crippen LogP contribution in [0.5, 0.6) is 17.2 Å². The van der Waals surface area contributed by atoms with Gasteiger partial charge in [0.05, 0.1) is 18.9 Å². The van der Waals surface area contributed by atoms with Gasteiger partial charge in [0.15, 0.2) is 6.61 Å². The summed E-state index contributed by atoms with van der Waals surface area (Å²) in [6.45, 7) is 2.03. The molecule has 3 rings (SSSR count). The lowest BCUT2D eigenvalue weighted by Crippen LogP contribution is -2.24. The Bertz CT molecular complexity index is 1090. The molecule has 0 aliphatic heterocycles. The Morgan fingerprint density at radius 2 is 1.53 bits per heavy atom. The molecule has 0 unspecified atom stereocenters. The van der Waals surface area contributed by atoms with Crippen LogP contribution in [0.3, 0.4) is 0 Å². The number of unbranched alkanes of at least 4 members (excludes halogenated alkanes) is 1. The molecule has 0 bridgehead atoms. The third-order valence-corrected chi connectivity index (χ3v) is 4.93. The Hall–Kier alpha value is -4.13. The van der Waals surface area contributed by atoms with Crippen molar-refractivity contribution in [2.45, 2.75) is 26.2 Å². The number of nitrogens with zero attached hydrogens (tertiary/aromatic N) is 1. The van der Waals surface area contributed by atoms with Gasteiger partial charge in [-0.1, -0.05) is 25.5 Å². The fourth-order valence-corrected chi connectivity index (χ4v) is 3.01. The maximum Gasteiger partial charge on any atom is 0.343 e. The summed E-state index contributed by atoms with van der Waals surface area (Å²) in [6.07, 6.45) is 4.84. The third kappa shape index (κ3) is 7.78. The fourth-order valence-electron chi connectivity index (χ4n) is 3.01. The van der Waals surface area contributed by atoms with Gasteiger partial charge >= 0.3 is 5.97 Å². The van der Waals surface area contributed by atoms with Crippen LogP contribution in [0.25, 0.3) is 0 Å². The predicted molar refractivity (Wildman–Crippen MR) is 131 cm³/mol. The highest BCUT2D eigenvalue weighted by molar-refractivity contribution is 5.91. The second-order valence-electron chi connectivity index (χ2n) is 7.52. The molecule has 0 saturated carbocycles. The molecule has 0 aliphatic rings. The minimum Gasteiger partial charge on any atom is -0.497 e. The van der Waals surface area contributed by atoms with Crippen molar-refractivity contribution >= 4 is 18.1 Å². The predicted octanol–water partition coefficient (Wildman–Crippen LogP) is 4.79. The van der Waals surface area contributed by atoms with E-state index in [0.717, 1.165) is 24.8 Å². The molecule has 0 aliphatic carbocycles. The average molecular weight is 461 g/mol. The number of carbonyl (C=O) groups is 2. The number of amides is 1. The maximum absolute atomic E-state index is 12.2. The van der Waals surface area contributed by atoms with Gasteiger partial charge in [-0.25, -0.2) is 10.2 Å². The number of methoxy groups -OCH3 is 1. The molecule has 176 valence electrons. The summed E-state index contributed by atoms with van der Waals surface area (Å²) in [5, 5.41) is 3.93. The van der Waals surface area contributed by atoms with Crippen molar-refractivity contribution in [1.29, 1.82) is 0 Å². The highest BCUT2D eigenvalue weighted by atomic mass is 16.5. The zero-order valence-electron chi connectivity index (χ0n) is 19.3. The van der Waals surface area contributed by atoms with Gasteiger partial charge in [-0.3, -0.25) is 4.79 Å². The smallest absolute Gasteiger partial charge is 0.343 e. The van der Waals surface area contributed by atoms with Gasteiger partial charge in [0.25, 0.3) is 5.91 Å². The zero-order chi connectivity index (χ0) is 24.2. The first kappa shape index (κ1) is 24.5. The van der Waals surface area contributed by atoms with E-state index in [-0.39, 0.29) is 12.5 Å². The Kier molecular flexibility index (Phi) is 9.22. The van der Waals surface area contributed by atoms with Gasteiger partial charge in [0.2, 0.25) is 0 Å².